The number of carboxylic acid groups (broad SMARTS) is 1. The summed E-state index contributed by atoms with van der Waals surface area (Å²) in [6.07, 6.45) is 2.49. The summed E-state index contributed by atoms with van der Waals surface area (Å²) in [7, 11) is 1.67. The molecule has 0 aliphatic heterocycles. The molecular formula is C12H23NO3. The molecule has 16 heavy (non-hydrogen) atoms. The van der Waals surface area contributed by atoms with Crippen molar-refractivity contribution < 1.29 is 14.6 Å². The molecule has 0 aromatic carbocycles. The fourth-order valence-corrected chi connectivity index (χ4v) is 2.01. The maximum Gasteiger partial charge on any atom is 0.317 e. The van der Waals surface area contributed by atoms with Gasteiger partial charge in [0.1, 0.15) is 0 Å². The maximum absolute atomic E-state index is 10.9. The van der Waals surface area contributed by atoms with Crippen LogP contribution in [0.4, 0.5) is 0 Å². The van der Waals surface area contributed by atoms with Crippen molar-refractivity contribution in [2.75, 3.05) is 26.8 Å². The van der Waals surface area contributed by atoms with Crippen molar-refractivity contribution in [1.29, 1.82) is 0 Å². The Morgan fingerprint density at radius 2 is 2.12 bits per heavy atom. The first-order valence-corrected chi connectivity index (χ1v) is 5.99. The molecule has 0 heterocycles. The second kappa shape index (κ2) is 6.21. The van der Waals surface area contributed by atoms with E-state index < -0.39 is 5.97 Å². The van der Waals surface area contributed by atoms with E-state index in [1.807, 2.05) is 0 Å². The molecule has 0 spiro atoms. The van der Waals surface area contributed by atoms with Gasteiger partial charge in [-0.25, -0.2) is 0 Å². The Labute approximate surface area is 97.6 Å². The van der Waals surface area contributed by atoms with Crippen LogP contribution in [-0.4, -0.2) is 48.8 Å². The molecule has 1 atom stereocenters. The largest absolute Gasteiger partial charge is 0.480 e. The monoisotopic (exact) mass is 229 g/mol. The van der Waals surface area contributed by atoms with Crippen LogP contribution in [-0.2, 0) is 9.53 Å². The summed E-state index contributed by atoms with van der Waals surface area (Å²) in [6, 6.07) is 0.210. The predicted molar refractivity (Wildman–Crippen MR) is 62.4 cm³/mol. The normalized spacial score (nSPS) is 18.1. The summed E-state index contributed by atoms with van der Waals surface area (Å²) in [4.78, 5) is 12.9. The average molecular weight is 229 g/mol. The average Bonchev–Trinajstić information content (AvgIpc) is 2.95. The number of methoxy groups -OCH3 is 1. The summed E-state index contributed by atoms with van der Waals surface area (Å²) in [5.41, 5.74) is 0. The van der Waals surface area contributed by atoms with Crippen molar-refractivity contribution in [1.82, 2.24) is 4.90 Å². The van der Waals surface area contributed by atoms with Gasteiger partial charge in [-0.3, -0.25) is 9.69 Å². The van der Waals surface area contributed by atoms with Gasteiger partial charge in [-0.15, -0.1) is 0 Å². The highest BCUT2D eigenvalue weighted by Crippen LogP contribution is 2.31. The van der Waals surface area contributed by atoms with Crippen LogP contribution < -0.4 is 0 Å². The number of nitrogens with zero attached hydrogens (tertiary/aromatic N) is 1. The molecule has 0 aromatic heterocycles. The Balaban J connectivity index is 2.57. The van der Waals surface area contributed by atoms with Crippen molar-refractivity contribution in [3.63, 3.8) is 0 Å². The molecule has 0 saturated heterocycles. The van der Waals surface area contributed by atoms with Crippen LogP contribution in [0.3, 0.4) is 0 Å². The van der Waals surface area contributed by atoms with E-state index in [9.17, 15) is 4.79 Å². The molecule has 1 fully saturated rings. The van der Waals surface area contributed by atoms with Crippen molar-refractivity contribution in [2.24, 2.45) is 11.8 Å². The Morgan fingerprint density at radius 1 is 1.50 bits per heavy atom. The van der Waals surface area contributed by atoms with Crippen molar-refractivity contribution in [3.8, 4) is 0 Å². The lowest BCUT2D eigenvalue weighted by Crippen LogP contribution is -2.45. The topological polar surface area (TPSA) is 49.8 Å². The molecule has 1 N–H and O–H groups in total. The number of carbonyl (C=O) groups is 1. The van der Waals surface area contributed by atoms with Gasteiger partial charge < -0.3 is 9.84 Å². The van der Waals surface area contributed by atoms with E-state index in [1.54, 1.807) is 7.11 Å². The summed E-state index contributed by atoms with van der Waals surface area (Å²) >= 11 is 0. The molecule has 4 nitrogen and oxygen atoms in total. The van der Waals surface area contributed by atoms with Gasteiger partial charge >= 0.3 is 5.97 Å². The van der Waals surface area contributed by atoms with E-state index in [4.69, 9.17) is 9.84 Å². The quantitative estimate of drug-likeness (QED) is 0.684. The van der Waals surface area contributed by atoms with Gasteiger partial charge in [0.2, 0.25) is 0 Å². The highest BCUT2D eigenvalue weighted by Gasteiger charge is 2.30. The molecule has 94 valence electrons. The molecule has 0 amide bonds. The van der Waals surface area contributed by atoms with Gasteiger partial charge in [-0.2, -0.15) is 0 Å². The molecule has 0 bridgehead atoms. The third-order valence-corrected chi connectivity index (χ3v) is 3.10. The molecule has 4 heteroatoms. The van der Waals surface area contributed by atoms with E-state index in [0.717, 1.165) is 6.54 Å². The van der Waals surface area contributed by atoms with Gasteiger partial charge in [0.05, 0.1) is 13.2 Å². The molecule has 0 radical (unpaired) electrons. The molecule has 1 unspecified atom stereocenters. The molecule has 1 aliphatic rings. The number of hydrogen-bond acceptors (Lipinski definition) is 3. The molecule has 1 aliphatic carbocycles. The lowest BCUT2D eigenvalue weighted by molar-refractivity contribution is -0.139. The SMILES string of the molecule is COCC(C(C)C)N(CC(=O)O)CC1CC1. The summed E-state index contributed by atoms with van der Waals surface area (Å²) in [5, 5.41) is 8.93. The molecule has 1 saturated carbocycles. The van der Waals surface area contributed by atoms with Gasteiger partial charge in [-0.05, 0) is 24.7 Å². The number of aliphatic carboxylic acids is 1. The first-order valence-electron chi connectivity index (χ1n) is 5.99. The number of hydrogen-bond donors (Lipinski definition) is 1. The van der Waals surface area contributed by atoms with Crippen LogP contribution in [0.25, 0.3) is 0 Å². The van der Waals surface area contributed by atoms with Gasteiger partial charge in [0.25, 0.3) is 0 Å². The standard InChI is InChI=1S/C12H23NO3/c1-9(2)11(8-16-3)13(7-12(14)15)6-10-4-5-10/h9-11H,4-8H2,1-3H3,(H,14,15). The second-order valence-corrected chi connectivity index (χ2v) is 5.03. The molecular weight excluding hydrogens is 206 g/mol. The molecule has 1 rings (SSSR count). The van der Waals surface area contributed by atoms with Crippen LogP contribution in [0.1, 0.15) is 26.7 Å². The van der Waals surface area contributed by atoms with Crippen molar-refractivity contribution >= 4 is 5.97 Å². The number of rotatable bonds is 8. The lowest BCUT2D eigenvalue weighted by atomic mass is 10.0. The third kappa shape index (κ3) is 4.49. The first kappa shape index (κ1) is 13.5. The Kier molecular flexibility index (Phi) is 5.22. The van der Waals surface area contributed by atoms with Gasteiger partial charge in [0.15, 0.2) is 0 Å². The third-order valence-electron chi connectivity index (χ3n) is 3.10. The Bertz CT molecular complexity index is 226. The zero-order valence-corrected chi connectivity index (χ0v) is 10.5. The summed E-state index contributed by atoms with van der Waals surface area (Å²) in [5.74, 6) is 0.373. The Hall–Kier alpha value is -0.610. The van der Waals surface area contributed by atoms with Crippen LogP contribution in [0.2, 0.25) is 0 Å². The lowest BCUT2D eigenvalue weighted by Gasteiger charge is -2.32. The minimum absolute atomic E-state index is 0.128. The second-order valence-electron chi connectivity index (χ2n) is 5.03. The fourth-order valence-electron chi connectivity index (χ4n) is 2.01. The minimum Gasteiger partial charge on any atom is -0.480 e. The van der Waals surface area contributed by atoms with Crippen LogP contribution >= 0.6 is 0 Å². The smallest absolute Gasteiger partial charge is 0.317 e. The zero-order chi connectivity index (χ0) is 12.1. The maximum atomic E-state index is 10.9. The van der Waals surface area contributed by atoms with E-state index in [0.29, 0.717) is 18.4 Å². The van der Waals surface area contributed by atoms with Crippen molar-refractivity contribution in [2.45, 2.75) is 32.7 Å². The van der Waals surface area contributed by atoms with Gasteiger partial charge in [-0.1, -0.05) is 13.8 Å². The van der Waals surface area contributed by atoms with Crippen LogP contribution in [0.15, 0.2) is 0 Å². The Morgan fingerprint density at radius 3 is 2.50 bits per heavy atom. The van der Waals surface area contributed by atoms with Crippen molar-refractivity contribution in [3.05, 3.63) is 0 Å². The first-order chi connectivity index (χ1) is 7.54. The summed E-state index contributed by atoms with van der Waals surface area (Å²) in [6.45, 7) is 5.87. The number of ether oxygens (including phenoxy) is 1. The van der Waals surface area contributed by atoms with E-state index in [2.05, 4.69) is 18.7 Å². The number of carboxylic acids is 1. The van der Waals surface area contributed by atoms with E-state index >= 15 is 0 Å². The minimum atomic E-state index is -0.748. The van der Waals surface area contributed by atoms with Crippen LogP contribution in [0, 0.1) is 11.8 Å². The van der Waals surface area contributed by atoms with Crippen LogP contribution in [0.5, 0.6) is 0 Å². The van der Waals surface area contributed by atoms with Gasteiger partial charge in [0, 0.05) is 19.7 Å². The fraction of sp³-hybridized carbons (Fsp3) is 0.917. The zero-order valence-electron chi connectivity index (χ0n) is 10.5. The highest BCUT2D eigenvalue weighted by atomic mass is 16.5. The molecule has 0 aromatic rings. The highest BCUT2D eigenvalue weighted by molar-refractivity contribution is 5.69. The van der Waals surface area contributed by atoms with E-state index in [1.165, 1.54) is 12.8 Å². The summed E-state index contributed by atoms with van der Waals surface area (Å²) < 4.78 is 5.20. The van der Waals surface area contributed by atoms with E-state index in [-0.39, 0.29) is 12.6 Å². The predicted octanol–water partition coefficient (Wildman–Crippen LogP) is 1.45.